The van der Waals surface area contributed by atoms with E-state index in [0.717, 1.165) is 5.56 Å². The molecule has 0 saturated carbocycles. The summed E-state index contributed by atoms with van der Waals surface area (Å²) in [6, 6.07) is 10.3. The highest BCUT2D eigenvalue weighted by Crippen LogP contribution is 2.28. The molecule has 8 heteroatoms. The Hall–Kier alpha value is -2.74. The minimum atomic E-state index is -0.444. The fourth-order valence-electron chi connectivity index (χ4n) is 2.67. The molecule has 29 heavy (non-hydrogen) atoms. The van der Waals surface area contributed by atoms with Gasteiger partial charge in [0.25, 0.3) is 5.91 Å². The molecule has 0 aromatic heterocycles. The molecule has 0 radical (unpaired) electrons. The number of methoxy groups -OCH3 is 3. The molecule has 0 bridgehead atoms. The van der Waals surface area contributed by atoms with Gasteiger partial charge in [0.2, 0.25) is 0 Å². The Morgan fingerprint density at radius 3 is 2.24 bits per heavy atom. The largest absolute Gasteiger partial charge is 0.493 e. The summed E-state index contributed by atoms with van der Waals surface area (Å²) in [6.07, 6.45) is 0. The summed E-state index contributed by atoms with van der Waals surface area (Å²) in [5.74, 6) is 1.10. The second-order valence-electron chi connectivity index (χ2n) is 6.02. The number of carbonyl (C=O) groups excluding carboxylic acids is 2. The summed E-state index contributed by atoms with van der Waals surface area (Å²) in [4.78, 5) is 25.9. The standard InChI is InChI=1S/C21H24BrNO6/c1-5-23(12-14-6-8-18(26-2)19(10-14)27-3)20(24)13-29-17-9-7-15(11-16(17)22)21(25)28-4/h6-11H,5,12-13H2,1-4H3. The lowest BCUT2D eigenvalue weighted by molar-refractivity contribution is -0.133. The highest BCUT2D eigenvalue weighted by Gasteiger charge is 2.16. The molecule has 0 saturated heterocycles. The molecule has 0 spiro atoms. The number of esters is 1. The lowest BCUT2D eigenvalue weighted by Gasteiger charge is -2.22. The third-order valence-corrected chi connectivity index (χ3v) is 4.88. The molecule has 0 heterocycles. The van der Waals surface area contributed by atoms with Crippen LogP contribution in [0.1, 0.15) is 22.8 Å². The van der Waals surface area contributed by atoms with Crippen molar-refractivity contribution in [2.45, 2.75) is 13.5 Å². The number of hydrogen-bond acceptors (Lipinski definition) is 6. The van der Waals surface area contributed by atoms with E-state index in [4.69, 9.17) is 14.2 Å². The maximum absolute atomic E-state index is 12.6. The van der Waals surface area contributed by atoms with Crippen LogP contribution in [0.15, 0.2) is 40.9 Å². The van der Waals surface area contributed by atoms with Crippen molar-refractivity contribution in [3.63, 3.8) is 0 Å². The first-order chi connectivity index (χ1) is 13.9. The number of rotatable bonds is 9. The van der Waals surface area contributed by atoms with E-state index in [2.05, 4.69) is 20.7 Å². The topological polar surface area (TPSA) is 74.3 Å². The zero-order valence-electron chi connectivity index (χ0n) is 16.9. The van der Waals surface area contributed by atoms with Crippen molar-refractivity contribution >= 4 is 27.8 Å². The van der Waals surface area contributed by atoms with Gasteiger partial charge < -0.3 is 23.8 Å². The summed E-state index contributed by atoms with van der Waals surface area (Å²) in [7, 11) is 4.46. The van der Waals surface area contributed by atoms with Crippen molar-refractivity contribution in [1.29, 1.82) is 0 Å². The minimum absolute atomic E-state index is 0.128. The Labute approximate surface area is 178 Å². The first kappa shape index (κ1) is 22.5. The van der Waals surface area contributed by atoms with E-state index in [9.17, 15) is 9.59 Å². The van der Waals surface area contributed by atoms with Crippen molar-refractivity contribution in [3.05, 3.63) is 52.0 Å². The van der Waals surface area contributed by atoms with Crippen LogP contribution in [0.25, 0.3) is 0 Å². The molecule has 0 aliphatic heterocycles. The van der Waals surface area contributed by atoms with Gasteiger partial charge in [0, 0.05) is 13.1 Å². The number of benzene rings is 2. The molecule has 1 amide bonds. The summed E-state index contributed by atoms with van der Waals surface area (Å²) in [5.41, 5.74) is 1.31. The van der Waals surface area contributed by atoms with Crippen molar-refractivity contribution < 1.29 is 28.5 Å². The van der Waals surface area contributed by atoms with E-state index in [-0.39, 0.29) is 12.5 Å². The van der Waals surface area contributed by atoms with Crippen molar-refractivity contribution in [2.75, 3.05) is 34.5 Å². The number of hydrogen-bond donors (Lipinski definition) is 0. The number of ether oxygens (including phenoxy) is 4. The normalized spacial score (nSPS) is 10.2. The van der Waals surface area contributed by atoms with Gasteiger partial charge in [0.15, 0.2) is 18.1 Å². The third kappa shape index (κ3) is 5.87. The van der Waals surface area contributed by atoms with E-state index < -0.39 is 5.97 Å². The molecule has 0 aliphatic carbocycles. The van der Waals surface area contributed by atoms with Gasteiger partial charge in [-0.2, -0.15) is 0 Å². The Kier molecular flexibility index (Phi) is 8.33. The van der Waals surface area contributed by atoms with Crippen molar-refractivity contribution in [3.8, 4) is 17.2 Å². The Morgan fingerprint density at radius 2 is 1.66 bits per heavy atom. The lowest BCUT2D eigenvalue weighted by Crippen LogP contribution is -2.34. The van der Waals surface area contributed by atoms with E-state index in [1.54, 1.807) is 37.3 Å². The van der Waals surface area contributed by atoms with Gasteiger partial charge in [-0.1, -0.05) is 6.07 Å². The third-order valence-electron chi connectivity index (χ3n) is 4.26. The van der Waals surface area contributed by atoms with Crippen LogP contribution in [0.5, 0.6) is 17.2 Å². The second-order valence-corrected chi connectivity index (χ2v) is 6.88. The summed E-state index contributed by atoms with van der Waals surface area (Å²) < 4.78 is 21.4. The average Bonchev–Trinajstić information content (AvgIpc) is 2.75. The second kappa shape index (κ2) is 10.7. The summed E-state index contributed by atoms with van der Waals surface area (Å²) >= 11 is 3.35. The molecule has 2 rings (SSSR count). The molecule has 0 atom stereocenters. The van der Waals surface area contributed by atoms with E-state index >= 15 is 0 Å². The van der Waals surface area contributed by atoms with Gasteiger partial charge in [-0.3, -0.25) is 4.79 Å². The SMILES string of the molecule is CCN(Cc1ccc(OC)c(OC)c1)C(=O)COc1ccc(C(=O)OC)cc1Br. The number of amides is 1. The molecule has 0 fully saturated rings. The fraction of sp³-hybridized carbons (Fsp3) is 0.333. The monoisotopic (exact) mass is 465 g/mol. The number of nitrogens with zero attached hydrogens (tertiary/aromatic N) is 1. The Bertz CT molecular complexity index is 870. The molecule has 7 nitrogen and oxygen atoms in total. The van der Waals surface area contributed by atoms with Gasteiger partial charge in [0.05, 0.1) is 31.4 Å². The van der Waals surface area contributed by atoms with Crippen LogP contribution in [0.3, 0.4) is 0 Å². The van der Waals surface area contributed by atoms with Crippen molar-refractivity contribution in [1.82, 2.24) is 4.90 Å². The van der Waals surface area contributed by atoms with Crippen LogP contribution >= 0.6 is 15.9 Å². The number of carbonyl (C=O) groups is 2. The van der Waals surface area contributed by atoms with E-state index in [0.29, 0.717) is 40.4 Å². The molecule has 0 unspecified atom stereocenters. The van der Waals surface area contributed by atoms with Crippen LogP contribution in [0.2, 0.25) is 0 Å². The Morgan fingerprint density at radius 1 is 0.966 bits per heavy atom. The summed E-state index contributed by atoms with van der Waals surface area (Å²) in [6.45, 7) is 2.72. The highest BCUT2D eigenvalue weighted by molar-refractivity contribution is 9.10. The first-order valence-electron chi connectivity index (χ1n) is 8.92. The number of halogens is 1. The van der Waals surface area contributed by atoms with Gasteiger partial charge in [-0.15, -0.1) is 0 Å². The first-order valence-corrected chi connectivity index (χ1v) is 9.72. The maximum Gasteiger partial charge on any atom is 0.337 e. The predicted octanol–water partition coefficient (Wildman–Crippen LogP) is 3.68. The predicted molar refractivity (Wildman–Crippen MR) is 112 cm³/mol. The number of likely N-dealkylation sites (N-methyl/N-ethyl adjacent to an activating group) is 1. The van der Waals surface area contributed by atoms with Gasteiger partial charge in [-0.25, -0.2) is 4.79 Å². The van der Waals surface area contributed by atoms with Crippen LogP contribution < -0.4 is 14.2 Å². The smallest absolute Gasteiger partial charge is 0.337 e. The van der Waals surface area contributed by atoms with Crippen LogP contribution in [-0.4, -0.2) is 51.3 Å². The molecular formula is C21H24BrNO6. The average molecular weight is 466 g/mol. The zero-order chi connectivity index (χ0) is 21.4. The van der Waals surface area contributed by atoms with Gasteiger partial charge in [-0.05, 0) is 58.7 Å². The van der Waals surface area contributed by atoms with Crippen LogP contribution in [-0.2, 0) is 16.1 Å². The van der Waals surface area contributed by atoms with E-state index in [1.165, 1.54) is 7.11 Å². The van der Waals surface area contributed by atoms with Crippen LogP contribution in [0, 0.1) is 0 Å². The molecule has 0 aliphatic rings. The van der Waals surface area contributed by atoms with Crippen LogP contribution in [0.4, 0.5) is 0 Å². The van der Waals surface area contributed by atoms with Crippen molar-refractivity contribution in [2.24, 2.45) is 0 Å². The molecular weight excluding hydrogens is 442 g/mol. The maximum atomic E-state index is 12.6. The summed E-state index contributed by atoms with van der Waals surface area (Å²) in [5, 5.41) is 0. The molecule has 156 valence electrons. The lowest BCUT2D eigenvalue weighted by atomic mass is 10.2. The molecule has 0 N–H and O–H groups in total. The van der Waals surface area contributed by atoms with Gasteiger partial charge >= 0.3 is 5.97 Å². The quantitative estimate of drug-likeness (QED) is 0.525. The zero-order valence-corrected chi connectivity index (χ0v) is 18.4. The molecule has 2 aromatic carbocycles. The Balaban J connectivity index is 2.02. The minimum Gasteiger partial charge on any atom is -0.493 e. The van der Waals surface area contributed by atoms with Gasteiger partial charge in [0.1, 0.15) is 5.75 Å². The highest BCUT2D eigenvalue weighted by atomic mass is 79.9. The molecule has 2 aromatic rings. The van der Waals surface area contributed by atoms with E-state index in [1.807, 2.05) is 25.1 Å². The fourth-order valence-corrected chi connectivity index (χ4v) is 3.16.